The molecule has 184 valence electrons. The van der Waals surface area contributed by atoms with Crippen LogP contribution < -0.4 is 9.46 Å². The maximum atomic E-state index is 13.2. The van der Waals surface area contributed by atoms with Gasteiger partial charge in [-0.15, -0.1) is 0 Å². The van der Waals surface area contributed by atoms with Gasteiger partial charge in [0.2, 0.25) is 15.9 Å². The minimum atomic E-state index is -3.49. The third kappa shape index (κ3) is 6.17. The van der Waals surface area contributed by atoms with Crippen molar-refractivity contribution in [3.63, 3.8) is 0 Å². The van der Waals surface area contributed by atoms with Crippen LogP contribution in [0.1, 0.15) is 43.5 Å². The van der Waals surface area contributed by atoms with Crippen LogP contribution >= 0.6 is 0 Å². The Balaban J connectivity index is 1.97. The summed E-state index contributed by atoms with van der Waals surface area (Å²) in [5, 5.41) is 0. The summed E-state index contributed by atoms with van der Waals surface area (Å²) >= 11 is 0. The lowest BCUT2D eigenvalue weighted by Gasteiger charge is -2.39. The second kappa shape index (κ2) is 10.3. The number of methoxy groups -OCH3 is 1. The zero-order chi connectivity index (χ0) is 24.3. The van der Waals surface area contributed by atoms with Crippen LogP contribution in [0.15, 0.2) is 18.2 Å². The van der Waals surface area contributed by atoms with E-state index in [2.05, 4.69) is 4.72 Å². The Labute approximate surface area is 196 Å². The van der Waals surface area contributed by atoms with E-state index in [4.69, 9.17) is 9.47 Å². The number of carbonyl (C=O) groups is 2. The maximum absolute atomic E-state index is 13.2. The SMILES string of the molecule is CO[C@@H]1CN(C)C(=O)c2ccc(NS(C)(=O)=O)cc2OC[C@@H](C)N(C(=O)C2CCC2)C[C@@H]1C. The standard InChI is InChI=1S/C23H35N3O6S/c1-15-12-26(22(27)17-7-6-8-17)16(2)14-32-20-11-18(24-33(5,29)30)9-10-19(20)23(28)25(3)13-21(15)31-4/h9-11,15-17,21,24H,6-8,12-14H2,1-5H3/t15-,16+,21+/m0/s1. The molecule has 1 aliphatic carbocycles. The van der Waals surface area contributed by atoms with E-state index in [1.807, 2.05) is 18.7 Å². The topological polar surface area (TPSA) is 105 Å². The summed E-state index contributed by atoms with van der Waals surface area (Å²) in [5.41, 5.74) is 0.626. The van der Waals surface area contributed by atoms with Gasteiger partial charge in [-0.3, -0.25) is 14.3 Å². The number of sulfonamides is 1. The minimum absolute atomic E-state index is 0.0111. The van der Waals surface area contributed by atoms with E-state index in [9.17, 15) is 18.0 Å². The highest BCUT2D eigenvalue weighted by Crippen LogP contribution is 2.31. The van der Waals surface area contributed by atoms with Gasteiger partial charge >= 0.3 is 0 Å². The lowest BCUT2D eigenvalue weighted by atomic mass is 9.83. The zero-order valence-electron chi connectivity index (χ0n) is 20.0. The normalized spacial score (nSPS) is 25.2. The van der Waals surface area contributed by atoms with Crippen LogP contribution in [0.2, 0.25) is 0 Å². The molecule has 2 amide bonds. The van der Waals surface area contributed by atoms with Crippen molar-refractivity contribution in [3.8, 4) is 5.75 Å². The average molecular weight is 482 g/mol. The van der Waals surface area contributed by atoms with Gasteiger partial charge in [0.1, 0.15) is 12.4 Å². The molecule has 1 fully saturated rings. The van der Waals surface area contributed by atoms with Crippen LogP contribution in [0.5, 0.6) is 5.75 Å². The number of anilines is 1. The molecule has 10 heteroatoms. The fourth-order valence-electron chi connectivity index (χ4n) is 4.25. The molecule has 2 aliphatic rings. The van der Waals surface area contributed by atoms with Crippen LogP contribution in [0.3, 0.4) is 0 Å². The van der Waals surface area contributed by atoms with Crippen molar-refractivity contribution in [3.05, 3.63) is 23.8 Å². The predicted molar refractivity (Wildman–Crippen MR) is 126 cm³/mol. The van der Waals surface area contributed by atoms with Crippen molar-refractivity contribution in [2.24, 2.45) is 11.8 Å². The minimum Gasteiger partial charge on any atom is -0.491 e. The quantitative estimate of drug-likeness (QED) is 0.707. The number of likely N-dealkylation sites (N-methyl/N-ethyl adjacent to an activating group) is 1. The summed E-state index contributed by atoms with van der Waals surface area (Å²) in [6, 6.07) is 4.37. The van der Waals surface area contributed by atoms with Gasteiger partial charge in [0.25, 0.3) is 5.91 Å². The summed E-state index contributed by atoms with van der Waals surface area (Å²) in [4.78, 5) is 29.9. The first kappa shape index (κ1) is 25.3. The Morgan fingerprint density at radius 2 is 1.91 bits per heavy atom. The fraction of sp³-hybridized carbons (Fsp3) is 0.652. The predicted octanol–water partition coefficient (Wildman–Crippen LogP) is 2.19. The van der Waals surface area contributed by atoms with Crippen molar-refractivity contribution in [1.82, 2.24) is 9.80 Å². The second-order valence-electron chi connectivity index (χ2n) is 9.30. The fourth-order valence-corrected chi connectivity index (χ4v) is 4.80. The number of fused-ring (bicyclic) bond motifs is 1. The summed E-state index contributed by atoms with van der Waals surface area (Å²) in [6.07, 6.45) is 3.70. The van der Waals surface area contributed by atoms with E-state index in [-0.39, 0.29) is 48.2 Å². The molecule has 1 N–H and O–H groups in total. The molecule has 1 aromatic rings. The second-order valence-corrected chi connectivity index (χ2v) is 11.0. The first-order valence-electron chi connectivity index (χ1n) is 11.3. The molecule has 3 atom stereocenters. The molecule has 0 spiro atoms. The first-order valence-corrected chi connectivity index (χ1v) is 13.2. The molecule has 0 unspecified atom stereocenters. The molecule has 3 rings (SSSR count). The van der Waals surface area contributed by atoms with E-state index in [0.29, 0.717) is 24.3 Å². The monoisotopic (exact) mass is 481 g/mol. The lowest BCUT2D eigenvalue weighted by molar-refractivity contribution is -0.142. The Bertz CT molecular complexity index is 978. The number of amides is 2. The molecule has 1 saturated carbocycles. The van der Waals surface area contributed by atoms with Gasteiger partial charge in [0.05, 0.1) is 29.7 Å². The third-order valence-electron chi connectivity index (χ3n) is 6.49. The van der Waals surface area contributed by atoms with Gasteiger partial charge in [0, 0.05) is 45.1 Å². The van der Waals surface area contributed by atoms with Gasteiger partial charge in [-0.25, -0.2) is 8.42 Å². The molecule has 33 heavy (non-hydrogen) atoms. The Morgan fingerprint density at radius 3 is 2.48 bits per heavy atom. The number of nitrogens with one attached hydrogen (secondary N) is 1. The Kier molecular flexibility index (Phi) is 7.89. The number of nitrogens with zero attached hydrogens (tertiary/aromatic N) is 2. The van der Waals surface area contributed by atoms with Crippen LogP contribution in [-0.4, -0.2) is 82.3 Å². The highest BCUT2D eigenvalue weighted by Gasteiger charge is 2.35. The van der Waals surface area contributed by atoms with Gasteiger partial charge in [-0.1, -0.05) is 13.3 Å². The van der Waals surface area contributed by atoms with E-state index in [0.717, 1.165) is 25.5 Å². The summed E-state index contributed by atoms with van der Waals surface area (Å²) in [6.45, 7) is 4.99. The molecular weight excluding hydrogens is 446 g/mol. The largest absolute Gasteiger partial charge is 0.491 e. The van der Waals surface area contributed by atoms with E-state index in [1.54, 1.807) is 25.1 Å². The van der Waals surface area contributed by atoms with E-state index < -0.39 is 10.0 Å². The van der Waals surface area contributed by atoms with Crippen LogP contribution in [0.4, 0.5) is 5.69 Å². The average Bonchev–Trinajstić information content (AvgIpc) is 2.70. The Hall–Kier alpha value is -2.33. The van der Waals surface area contributed by atoms with Crippen molar-refractivity contribution < 1.29 is 27.5 Å². The molecule has 0 aromatic heterocycles. The highest BCUT2D eigenvalue weighted by molar-refractivity contribution is 7.92. The smallest absolute Gasteiger partial charge is 0.257 e. The first-order chi connectivity index (χ1) is 15.5. The molecule has 9 nitrogen and oxygen atoms in total. The number of hydrogen-bond donors (Lipinski definition) is 1. The zero-order valence-corrected chi connectivity index (χ0v) is 20.9. The van der Waals surface area contributed by atoms with E-state index in [1.165, 1.54) is 12.1 Å². The van der Waals surface area contributed by atoms with Gasteiger partial charge in [0.15, 0.2) is 0 Å². The molecule has 1 aliphatic heterocycles. The van der Waals surface area contributed by atoms with Crippen molar-refractivity contribution in [2.75, 3.05) is 44.8 Å². The van der Waals surface area contributed by atoms with Crippen LogP contribution in [0.25, 0.3) is 0 Å². The van der Waals surface area contributed by atoms with Crippen molar-refractivity contribution >= 4 is 27.5 Å². The van der Waals surface area contributed by atoms with Crippen LogP contribution in [-0.2, 0) is 19.6 Å². The number of hydrogen-bond acceptors (Lipinski definition) is 6. The van der Waals surface area contributed by atoms with Crippen molar-refractivity contribution in [2.45, 2.75) is 45.3 Å². The number of carbonyl (C=O) groups excluding carboxylic acids is 2. The number of rotatable bonds is 4. The maximum Gasteiger partial charge on any atom is 0.257 e. The summed E-state index contributed by atoms with van der Waals surface area (Å²) in [5.74, 6) is 0.215. The van der Waals surface area contributed by atoms with Gasteiger partial charge in [-0.05, 0) is 31.9 Å². The molecule has 1 aromatic carbocycles. The van der Waals surface area contributed by atoms with Gasteiger partial charge < -0.3 is 19.3 Å². The lowest BCUT2D eigenvalue weighted by Crippen LogP contribution is -2.51. The number of ether oxygens (including phenoxy) is 2. The van der Waals surface area contributed by atoms with E-state index >= 15 is 0 Å². The summed E-state index contributed by atoms with van der Waals surface area (Å²) in [7, 11) is -0.180. The highest BCUT2D eigenvalue weighted by atomic mass is 32.2. The molecule has 0 bridgehead atoms. The van der Waals surface area contributed by atoms with Crippen molar-refractivity contribution in [1.29, 1.82) is 0 Å². The molecule has 0 radical (unpaired) electrons. The third-order valence-corrected chi connectivity index (χ3v) is 7.09. The molecule has 1 heterocycles. The van der Waals surface area contributed by atoms with Gasteiger partial charge in [-0.2, -0.15) is 0 Å². The Morgan fingerprint density at radius 1 is 1.21 bits per heavy atom. The van der Waals surface area contributed by atoms with Crippen LogP contribution in [0, 0.1) is 11.8 Å². The number of benzene rings is 1. The molecule has 0 saturated heterocycles. The molecular formula is C23H35N3O6S. The summed E-state index contributed by atoms with van der Waals surface area (Å²) < 4.78 is 37.5.